The number of sulfonamides is 1. The number of unbranched alkanes of at least 4 members (excludes halogenated alkanes) is 1. The zero-order valence-corrected chi connectivity index (χ0v) is 31.4. The van der Waals surface area contributed by atoms with Crippen LogP contribution in [0, 0.1) is 0 Å². The summed E-state index contributed by atoms with van der Waals surface area (Å²) in [5.41, 5.74) is 1.42. The molecule has 0 aliphatic heterocycles. The number of hydrogen-bond donors (Lipinski definition) is 1. The minimum absolute atomic E-state index is 0.138. The van der Waals surface area contributed by atoms with Gasteiger partial charge in [-0.2, -0.15) is 0 Å². The van der Waals surface area contributed by atoms with E-state index in [1.54, 1.807) is 42.5 Å². The molecule has 0 radical (unpaired) electrons. The summed E-state index contributed by atoms with van der Waals surface area (Å²) in [6.45, 7) is 3.83. The molecule has 1 atom stereocenters. The molecule has 0 aliphatic carbocycles. The van der Waals surface area contributed by atoms with Gasteiger partial charge in [0.15, 0.2) is 11.5 Å². The summed E-state index contributed by atoms with van der Waals surface area (Å²) in [7, 11) is -1.57. The Balaban J connectivity index is 1.85. The molecule has 0 heterocycles. The van der Waals surface area contributed by atoms with Crippen LogP contribution in [0.25, 0.3) is 0 Å². The Hall–Kier alpha value is -4.45. The van der Waals surface area contributed by atoms with Crippen molar-refractivity contribution in [3.8, 4) is 17.2 Å². The van der Waals surface area contributed by atoms with Gasteiger partial charge in [-0.25, -0.2) is 8.42 Å². The van der Waals surface area contributed by atoms with Gasteiger partial charge < -0.3 is 24.4 Å². The van der Waals surface area contributed by atoms with Gasteiger partial charge in [-0.3, -0.25) is 13.9 Å². The van der Waals surface area contributed by atoms with E-state index in [2.05, 4.69) is 5.32 Å². The average Bonchev–Trinajstić information content (AvgIpc) is 3.13. The highest BCUT2D eigenvalue weighted by Crippen LogP contribution is 2.33. The number of rotatable bonds is 18. The number of anilines is 1. The lowest BCUT2D eigenvalue weighted by atomic mass is 10.0. The second-order valence-electron chi connectivity index (χ2n) is 11.5. The number of benzene rings is 4. The van der Waals surface area contributed by atoms with E-state index in [4.69, 9.17) is 37.4 Å². The Labute approximate surface area is 310 Å². The molecule has 0 aromatic heterocycles. The maximum absolute atomic E-state index is 14.8. The van der Waals surface area contributed by atoms with Gasteiger partial charge >= 0.3 is 0 Å². The van der Waals surface area contributed by atoms with Crippen LogP contribution in [0.3, 0.4) is 0 Å². The first kappa shape index (κ1) is 39.3. The third kappa shape index (κ3) is 10.1. The minimum atomic E-state index is -4.42. The summed E-state index contributed by atoms with van der Waals surface area (Å²) in [5, 5.41) is 3.56. The summed E-state index contributed by atoms with van der Waals surface area (Å²) < 4.78 is 46.3. The Morgan fingerprint density at radius 3 is 2.12 bits per heavy atom. The minimum Gasteiger partial charge on any atom is -0.494 e. The number of ether oxygens (including phenoxy) is 3. The van der Waals surface area contributed by atoms with Crippen LogP contribution in [0.1, 0.15) is 37.8 Å². The topological polar surface area (TPSA) is 114 Å². The number of carbonyl (C=O) groups is 2. The smallest absolute Gasteiger partial charge is 0.264 e. The lowest BCUT2D eigenvalue weighted by Gasteiger charge is -2.34. The number of carbonyl (C=O) groups excluding carboxylic acids is 2. The zero-order chi connectivity index (χ0) is 37.0. The van der Waals surface area contributed by atoms with E-state index < -0.39 is 28.5 Å². The lowest BCUT2D eigenvalue weighted by molar-refractivity contribution is -0.140. The van der Waals surface area contributed by atoms with E-state index in [1.165, 1.54) is 37.3 Å². The van der Waals surface area contributed by atoms with Crippen LogP contribution in [-0.4, -0.2) is 65.1 Å². The Morgan fingerprint density at radius 2 is 1.51 bits per heavy atom. The molecule has 0 bridgehead atoms. The maximum atomic E-state index is 14.8. The third-order valence-corrected chi connectivity index (χ3v) is 10.6. The summed E-state index contributed by atoms with van der Waals surface area (Å²) in [6.07, 6.45) is 1.74. The van der Waals surface area contributed by atoms with E-state index >= 15 is 0 Å². The molecule has 0 saturated heterocycles. The molecular formula is C38H43Cl2N3O7S. The van der Waals surface area contributed by atoms with Gasteiger partial charge in [-0.05, 0) is 67.4 Å². The van der Waals surface area contributed by atoms with Gasteiger partial charge in [0.1, 0.15) is 18.3 Å². The molecule has 2 amide bonds. The van der Waals surface area contributed by atoms with E-state index in [1.807, 2.05) is 44.2 Å². The molecule has 0 saturated carbocycles. The van der Waals surface area contributed by atoms with Gasteiger partial charge in [0, 0.05) is 41.2 Å². The standard InChI is InChI=1S/C38H43Cl2N3O7S/c1-5-7-22-41-38(45)34(23-27-12-9-8-10-13-27)42(25-31-32(39)14-11-15-33(31)40)37(44)26-43(28-16-18-29(19-17-28)50-6-2)51(46,47)30-20-21-35(48-3)36(24-30)49-4/h8-21,24,34H,5-7,22-23,25-26H2,1-4H3,(H,41,45). The van der Waals surface area contributed by atoms with Gasteiger partial charge in [0.05, 0.1) is 31.4 Å². The lowest BCUT2D eigenvalue weighted by Crippen LogP contribution is -2.53. The van der Waals surface area contributed by atoms with Crippen LogP contribution in [-0.2, 0) is 32.6 Å². The molecular weight excluding hydrogens is 713 g/mol. The Bertz CT molecular complexity index is 1860. The highest BCUT2D eigenvalue weighted by molar-refractivity contribution is 7.92. The number of halogens is 2. The fourth-order valence-corrected chi connectivity index (χ4v) is 7.37. The molecule has 0 spiro atoms. The number of amides is 2. The molecule has 1 N–H and O–H groups in total. The highest BCUT2D eigenvalue weighted by Gasteiger charge is 2.35. The van der Waals surface area contributed by atoms with Gasteiger partial charge in [-0.15, -0.1) is 0 Å². The molecule has 10 nitrogen and oxygen atoms in total. The molecule has 4 aromatic carbocycles. The van der Waals surface area contributed by atoms with Crippen molar-refractivity contribution in [3.63, 3.8) is 0 Å². The van der Waals surface area contributed by atoms with Crippen LogP contribution in [0.5, 0.6) is 17.2 Å². The Morgan fingerprint density at radius 1 is 0.843 bits per heavy atom. The van der Waals surface area contributed by atoms with E-state index in [0.29, 0.717) is 40.3 Å². The third-order valence-electron chi connectivity index (χ3n) is 8.15. The first-order chi connectivity index (χ1) is 24.5. The van der Waals surface area contributed by atoms with Crippen molar-refractivity contribution in [1.82, 2.24) is 10.2 Å². The highest BCUT2D eigenvalue weighted by atomic mass is 35.5. The number of methoxy groups -OCH3 is 2. The van der Waals surface area contributed by atoms with Crippen molar-refractivity contribution in [2.45, 2.75) is 50.6 Å². The molecule has 0 aliphatic rings. The molecule has 0 fully saturated rings. The van der Waals surface area contributed by atoms with Crippen molar-refractivity contribution < 1.29 is 32.2 Å². The predicted octanol–water partition coefficient (Wildman–Crippen LogP) is 7.16. The first-order valence-corrected chi connectivity index (χ1v) is 18.7. The molecule has 1 unspecified atom stereocenters. The second-order valence-corrected chi connectivity index (χ2v) is 14.2. The van der Waals surface area contributed by atoms with Crippen LogP contribution in [0.2, 0.25) is 10.0 Å². The molecule has 4 aromatic rings. The van der Waals surface area contributed by atoms with Crippen LogP contribution in [0.4, 0.5) is 5.69 Å². The SMILES string of the molecule is CCCCNC(=O)C(Cc1ccccc1)N(Cc1c(Cl)cccc1Cl)C(=O)CN(c1ccc(OCC)cc1)S(=O)(=O)c1ccc(OC)c(OC)c1. The monoisotopic (exact) mass is 755 g/mol. The molecule has 4 rings (SSSR count). The van der Waals surface area contributed by atoms with Gasteiger partial charge in [0.2, 0.25) is 11.8 Å². The summed E-state index contributed by atoms with van der Waals surface area (Å²) in [4.78, 5) is 30.0. The quantitative estimate of drug-likeness (QED) is 0.107. The fourth-order valence-electron chi connectivity index (χ4n) is 5.42. The fraction of sp³-hybridized carbons (Fsp3) is 0.316. The normalized spacial score (nSPS) is 11.7. The number of hydrogen-bond acceptors (Lipinski definition) is 7. The summed E-state index contributed by atoms with van der Waals surface area (Å²) >= 11 is 13.2. The van der Waals surface area contributed by atoms with Crippen molar-refractivity contribution >= 4 is 50.7 Å². The number of nitrogens with one attached hydrogen (secondary N) is 1. The van der Waals surface area contributed by atoms with Crippen LogP contribution in [0.15, 0.2) is 95.9 Å². The van der Waals surface area contributed by atoms with Crippen LogP contribution >= 0.6 is 23.2 Å². The van der Waals surface area contributed by atoms with E-state index in [-0.39, 0.29) is 35.2 Å². The molecule has 51 heavy (non-hydrogen) atoms. The summed E-state index contributed by atoms with van der Waals surface area (Å²) in [5.74, 6) is 0.00591. The largest absolute Gasteiger partial charge is 0.494 e. The Kier molecular flexibility index (Phi) is 14.4. The van der Waals surface area contributed by atoms with E-state index in [0.717, 1.165) is 22.7 Å². The van der Waals surface area contributed by atoms with Crippen molar-refractivity contribution in [1.29, 1.82) is 0 Å². The molecule has 272 valence electrons. The van der Waals surface area contributed by atoms with Gasteiger partial charge in [-0.1, -0.05) is 72.9 Å². The summed E-state index contributed by atoms with van der Waals surface area (Å²) in [6, 6.07) is 23.8. The van der Waals surface area contributed by atoms with Crippen molar-refractivity contribution in [2.24, 2.45) is 0 Å². The van der Waals surface area contributed by atoms with Crippen LogP contribution < -0.4 is 23.8 Å². The van der Waals surface area contributed by atoms with Crippen molar-refractivity contribution in [3.05, 3.63) is 112 Å². The molecule has 13 heteroatoms. The van der Waals surface area contributed by atoms with E-state index in [9.17, 15) is 18.0 Å². The predicted molar refractivity (Wildman–Crippen MR) is 201 cm³/mol. The first-order valence-electron chi connectivity index (χ1n) is 16.6. The average molecular weight is 757 g/mol. The zero-order valence-electron chi connectivity index (χ0n) is 29.1. The maximum Gasteiger partial charge on any atom is 0.264 e. The van der Waals surface area contributed by atoms with Crippen molar-refractivity contribution in [2.75, 3.05) is 38.2 Å². The number of nitrogens with zero attached hydrogens (tertiary/aromatic N) is 2. The van der Waals surface area contributed by atoms with Gasteiger partial charge in [0.25, 0.3) is 10.0 Å². The second kappa shape index (κ2) is 18.7.